The number of ether oxygens (including phenoxy) is 2. The second-order valence-corrected chi connectivity index (χ2v) is 8.39. The van der Waals surface area contributed by atoms with Gasteiger partial charge in [-0.1, -0.05) is 35.5 Å². The van der Waals surface area contributed by atoms with Crippen molar-refractivity contribution in [3.63, 3.8) is 0 Å². The number of hydrogen-bond donors (Lipinski definition) is 1. The van der Waals surface area contributed by atoms with Crippen LogP contribution in [0.15, 0.2) is 76.8 Å². The molecule has 1 saturated heterocycles. The SMILES string of the molecule is CCOc1ccc(C2/C(=C(\O)c3ccc4cc(OC)ccc4c3)C(=O)C(=O)N2c2cc(C)on2)cc1. The van der Waals surface area contributed by atoms with Gasteiger partial charge in [0, 0.05) is 11.6 Å². The van der Waals surface area contributed by atoms with Crippen molar-refractivity contribution in [2.45, 2.75) is 19.9 Å². The summed E-state index contributed by atoms with van der Waals surface area (Å²) in [6.07, 6.45) is 0. The van der Waals surface area contributed by atoms with E-state index in [4.69, 9.17) is 14.0 Å². The van der Waals surface area contributed by atoms with E-state index in [9.17, 15) is 14.7 Å². The first-order valence-corrected chi connectivity index (χ1v) is 11.5. The van der Waals surface area contributed by atoms with Crippen LogP contribution in [0.1, 0.15) is 29.9 Å². The number of aliphatic hydroxyl groups excluding tert-OH is 1. The van der Waals surface area contributed by atoms with Gasteiger partial charge >= 0.3 is 5.91 Å². The van der Waals surface area contributed by atoms with Crippen molar-refractivity contribution in [1.29, 1.82) is 0 Å². The molecule has 1 atom stereocenters. The molecular formula is C28H24N2O6. The molecule has 0 aliphatic carbocycles. The normalized spacial score (nSPS) is 17.1. The van der Waals surface area contributed by atoms with Gasteiger partial charge in [0.1, 0.15) is 23.0 Å². The van der Waals surface area contributed by atoms with Crippen molar-refractivity contribution >= 4 is 34.0 Å². The van der Waals surface area contributed by atoms with E-state index in [-0.39, 0.29) is 17.2 Å². The number of hydrogen-bond acceptors (Lipinski definition) is 7. The molecule has 0 radical (unpaired) electrons. The van der Waals surface area contributed by atoms with Crippen LogP contribution >= 0.6 is 0 Å². The number of nitrogens with zero attached hydrogens (tertiary/aromatic N) is 2. The number of Topliss-reactive ketones (excluding diaryl/α,β-unsaturated/α-hetero) is 1. The average Bonchev–Trinajstić information content (AvgIpc) is 3.43. The molecule has 1 aromatic heterocycles. The van der Waals surface area contributed by atoms with E-state index in [0.717, 1.165) is 10.8 Å². The Kier molecular flexibility index (Phi) is 5.93. The Hall–Kier alpha value is -4.59. The molecule has 5 rings (SSSR count). The zero-order valence-electron chi connectivity index (χ0n) is 20.0. The van der Waals surface area contributed by atoms with Gasteiger partial charge in [-0.15, -0.1) is 0 Å². The number of rotatable bonds is 6. The van der Waals surface area contributed by atoms with E-state index >= 15 is 0 Å². The van der Waals surface area contributed by atoms with Gasteiger partial charge in [0.25, 0.3) is 5.78 Å². The molecule has 2 heterocycles. The predicted octanol–water partition coefficient (Wildman–Crippen LogP) is 5.17. The summed E-state index contributed by atoms with van der Waals surface area (Å²) in [4.78, 5) is 27.8. The Labute approximate surface area is 207 Å². The highest BCUT2D eigenvalue weighted by atomic mass is 16.5. The minimum absolute atomic E-state index is 0.0299. The highest BCUT2D eigenvalue weighted by Gasteiger charge is 2.48. The second-order valence-electron chi connectivity index (χ2n) is 8.39. The first kappa shape index (κ1) is 23.2. The summed E-state index contributed by atoms with van der Waals surface area (Å²) < 4.78 is 16.0. The number of ketones is 1. The van der Waals surface area contributed by atoms with Gasteiger partial charge < -0.3 is 19.1 Å². The Morgan fingerprint density at radius 2 is 1.69 bits per heavy atom. The molecule has 0 spiro atoms. The molecule has 1 fully saturated rings. The fourth-order valence-corrected chi connectivity index (χ4v) is 4.42. The third-order valence-electron chi connectivity index (χ3n) is 6.13. The quantitative estimate of drug-likeness (QED) is 0.229. The van der Waals surface area contributed by atoms with Crippen molar-refractivity contribution in [2.75, 3.05) is 18.6 Å². The van der Waals surface area contributed by atoms with Crippen molar-refractivity contribution < 1.29 is 28.7 Å². The van der Waals surface area contributed by atoms with Crippen LogP contribution in [0.5, 0.6) is 11.5 Å². The molecule has 36 heavy (non-hydrogen) atoms. The van der Waals surface area contributed by atoms with E-state index in [0.29, 0.717) is 35.0 Å². The summed E-state index contributed by atoms with van der Waals surface area (Å²) in [5.41, 5.74) is 1.00. The third kappa shape index (κ3) is 3.96. The summed E-state index contributed by atoms with van der Waals surface area (Å²) in [6, 6.07) is 18.6. The smallest absolute Gasteiger partial charge is 0.301 e. The summed E-state index contributed by atoms with van der Waals surface area (Å²) >= 11 is 0. The van der Waals surface area contributed by atoms with E-state index in [1.165, 1.54) is 4.90 Å². The maximum Gasteiger partial charge on any atom is 0.301 e. The fourth-order valence-electron chi connectivity index (χ4n) is 4.42. The van der Waals surface area contributed by atoms with Crippen LogP contribution in [-0.4, -0.2) is 35.7 Å². The first-order chi connectivity index (χ1) is 17.4. The minimum atomic E-state index is -0.906. The number of benzene rings is 3. The average molecular weight is 485 g/mol. The molecular weight excluding hydrogens is 460 g/mol. The standard InChI is InChI=1S/C28H24N2O6/c1-4-35-21-10-7-17(8-11-21)25-24(27(32)28(33)30(25)23-13-16(2)36-29-23)26(31)20-6-5-19-15-22(34-3)12-9-18(19)14-20/h5-15,25,31H,4H2,1-3H3/b26-24+. The number of methoxy groups -OCH3 is 1. The van der Waals surface area contributed by atoms with E-state index in [1.54, 1.807) is 56.5 Å². The van der Waals surface area contributed by atoms with Crippen LogP contribution < -0.4 is 14.4 Å². The molecule has 1 unspecified atom stereocenters. The number of carbonyl (C=O) groups excluding carboxylic acids is 2. The van der Waals surface area contributed by atoms with Crippen LogP contribution in [0.2, 0.25) is 0 Å². The Bertz CT molecular complexity index is 1500. The number of aryl methyl sites for hydroxylation is 1. The molecule has 1 amide bonds. The Morgan fingerprint density at radius 3 is 2.36 bits per heavy atom. The van der Waals surface area contributed by atoms with Crippen molar-refractivity contribution in [3.8, 4) is 11.5 Å². The molecule has 1 aliphatic rings. The lowest BCUT2D eigenvalue weighted by atomic mass is 9.94. The van der Waals surface area contributed by atoms with Crippen molar-refractivity contribution in [3.05, 3.63) is 89.2 Å². The molecule has 0 bridgehead atoms. The van der Waals surface area contributed by atoms with E-state index in [2.05, 4.69) is 5.16 Å². The van der Waals surface area contributed by atoms with Gasteiger partial charge in [-0.05, 0) is 60.5 Å². The number of fused-ring (bicyclic) bond motifs is 1. The number of amides is 1. The van der Waals surface area contributed by atoms with Crippen LogP contribution in [0.3, 0.4) is 0 Å². The lowest BCUT2D eigenvalue weighted by molar-refractivity contribution is -0.132. The molecule has 3 aromatic carbocycles. The maximum absolute atomic E-state index is 13.3. The van der Waals surface area contributed by atoms with Gasteiger partial charge in [0.15, 0.2) is 5.82 Å². The van der Waals surface area contributed by atoms with Crippen molar-refractivity contribution in [1.82, 2.24) is 5.16 Å². The fraction of sp³-hybridized carbons (Fsp3) is 0.179. The summed E-state index contributed by atoms with van der Waals surface area (Å²) in [5, 5.41) is 17.1. The third-order valence-corrected chi connectivity index (χ3v) is 6.13. The topological polar surface area (TPSA) is 102 Å². The second kappa shape index (κ2) is 9.22. The summed E-state index contributed by atoms with van der Waals surface area (Å²) in [5.74, 6) is 0.174. The van der Waals surface area contributed by atoms with E-state index in [1.807, 2.05) is 31.2 Å². The van der Waals surface area contributed by atoms with Gasteiger partial charge in [-0.2, -0.15) is 0 Å². The highest BCUT2D eigenvalue weighted by Crippen LogP contribution is 2.42. The minimum Gasteiger partial charge on any atom is -0.507 e. The van der Waals surface area contributed by atoms with Crippen molar-refractivity contribution in [2.24, 2.45) is 0 Å². The monoisotopic (exact) mass is 484 g/mol. The lowest BCUT2D eigenvalue weighted by Crippen LogP contribution is -2.29. The number of aromatic nitrogens is 1. The zero-order valence-corrected chi connectivity index (χ0v) is 20.0. The summed E-state index contributed by atoms with van der Waals surface area (Å²) in [7, 11) is 1.59. The molecule has 0 saturated carbocycles. The van der Waals surface area contributed by atoms with Crippen LogP contribution in [-0.2, 0) is 9.59 Å². The molecule has 4 aromatic rings. The Balaban J connectivity index is 1.67. The van der Waals surface area contributed by atoms with E-state index < -0.39 is 17.7 Å². The van der Waals surface area contributed by atoms with Gasteiger partial charge in [-0.3, -0.25) is 14.5 Å². The van der Waals surface area contributed by atoms with Gasteiger partial charge in [0.2, 0.25) is 0 Å². The zero-order chi connectivity index (χ0) is 25.4. The molecule has 1 N–H and O–H groups in total. The number of aliphatic hydroxyl groups is 1. The van der Waals surface area contributed by atoms with Crippen LogP contribution in [0, 0.1) is 6.92 Å². The van der Waals surface area contributed by atoms with Crippen LogP contribution in [0.25, 0.3) is 16.5 Å². The number of anilines is 1. The largest absolute Gasteiger partial charge is 0.507 e. The van der Waals surface area contributed by atoms with Gasteiger partial charge in [0.05, 0.1) is 25.3 Å². The molecule has 182 valence electrons. The van der Waals surface area contributed by atoms with Gasteiger partial charge in [-0.25, -0.2) is 0 Å². The Morgan fingerprint density at radius 1 is 1.00 bits per heavy atom. The molecule has 8 nitrogen and oxygen atoms in total. The lowest BCUT2D eigenvalue weighted by Gasteiger charge is -2.23. The predicted molar refractivity (Wildman–Crippen MR) is 134 cm³/mol. The molecule has 8 heteroatoms. The van der Waals surface area contributed by atoms with Crippen LogP contribution in [0.4, 0.5) is 5.82 Å². The maximum atomic E-state index is 13.3. The number of carbonyl (C=O) groups is 2. The highest BCUT2D eigenvalue weighted by molar-refractivity contribution is 6.51. The molecule has 1 aliphatic heterocycles. The summed E-state index contributed by atoms with van der Waals surface area (Å²) in [6.45, 7) is 4.09. The first-order valence-electron chi connectivity index (χ1n) is 11.5.